The van der Waals surface area contributed by atoms with E-state index in [9.17, 15) is 18.0 Å². The summed E-state index contributed by atoms with van der Waals surface area (Å²) in [4.78, 5) is 24.9. The number of piperidine rings is 1. The van der Waals surface area contributed by atoms with Crippen LogP contribution >= 0.6 is 15.9 Å². The first-order valence-electron chi connectivity index (χ1n) is 10.8. The van der Waals surface area contributed by atoms with Gasteiger partial charge in [-0.05, 0) is 69.0 Å². The standard InChI is InChI=1S/C23H26BrN3O5S/c1-13-9-17(6-7-18(13)24)25-23(29)16-5-4-8-27(12-16)33(30,31)21-11-20-19(10-14(21)2)26-22(28)15(3)32-20/h6-7,9-11,15-16H,4-5,8,12H2,1-3H3,(H,25,29)(H,26,28)/t15-,16+/m1/s1. The summed E-state index contributed by atoms with van der Waals surface area (Å²) in [5, 5.41) is 5.64. The number of anilines is 2. The van der Waals surface area contributed by atoms with Crippen molar-refractivity contribution in [2.24, 2.45) is 5.92 Å². The fourth-order valence-corrected chi connectivity index (χ4v) is 6.09. The third-order valence-corrected chi connectivity index (χ3v) is 8.90. The van der Waals surface area contributed by atoms with Crippen LogP contribution in [0.25, 0.3) is 0 Å². The highest BCUT2D eigenvalue weighted by Crippen LogP contribution is 2.36. The minimum Gasteiger partial charge on any atom is -0.479 e. The van der Waals surface area contributed by atoms with E-state index in [1.165, 1.54) is 10.4 Å². The van der Waals surface area contributed by atoms with Crippen molar-refractivity contribution in [2.75, 3.05) is 23.7 Å². The van der Waals surface area contributed by atoms with Gasteiger partial charge in [0.15, 0.2) is 6.10 Å². The van der Waals surface area contributed by atoms with Crippen molar-refractivity contribution in [3.05, 3.63) is 45.9 Å². The number of hydrogen-bond acceptors (Lipinski definition) is 5. The van der Waals surface area contributed by atoms with Crippen molar-refractivity contribution in [1.29, 1.82) is 0 Å². The zero-order valence-corrected chi connectivity index (χ0v) is 21.0. The fourth-order valence-electron chi connectivity index (χ4n) is 4.10. The second-order valence-corrected chi connectivity index (χ2v) is 11.3. The lowest BCUT2D eigenvalue weighted by Gasteiger charge is -2.32. The predicted molar refractivity (Wildman–Crippen MR) is 129 cm³/mol. The number of nitrogens with one attached hydrogen (secondary N) is 2. The smallest absolute Gasteiger partial charge is 0.265 e. The molecular weight excluding hydrogens is 510 g/mol. The molecule has 10 heteroatoms. The molecule has 2 atom stereocenters. The molecule has 0 aromatic heterocycles. The number of sulfonamides is 1. The molecule has 0 spiro atoms. The molecule has 0 saturated carbocycles. The Balaban J connectivity index is 1.54. The normalized spacial score (nSPS) is 21.0. The van der Waals surface area contributed by atoms with E-state index in [0.29, 0.717) is 42.1 Å². The van der Waals surface area contributed by atoms with Gasteiger partial charge in [0.1, 0.15) is 5.75 Å². The lowest BCUT2D eigenvalue weighted by atomic mass is 9.98. The zero-order valence-electron chi connectivity index (χ0n) is 18.6. The molecule has 0 bridgehead atoms. The van der Waals surface area contributed by atoms with E-state index in [0.717, 1.165) is 10.0 Å². The summed E-state index contributed by atoms with van der Waals surface area (Å²) in [7, 11) is -3.85. The van der Waals surface area contributed by atoms with Crippen LogP contribution in [-0.4, -0.2) is 43.7 Å². The highest BCUT2D eigenvalue weighted by molar-refractivity contribution is 9.10. The van der Waals surface area contributed by atoms with E-state index in [-0.39, 0.29) is 23.3 Å². The van der Waals surface area contributed by atoms with Gasteiger partial charge in [0, 0.05) is 29.3 Å². The predicted octanol–water partition coefficient (Wildman–Crippen LogP) is 3.82. The third-order valence-electron chi connectivity index (χ3n) is 6.01. The summed E-state index contributed by atoms with van der Waals surface area (Å²) >= 11 is 3.44. The number of ether oxygens (including phenoxy) is 1. The second-order valence-electron chi connectivity index (χ2n) is 8.52. The molecule has 4 rings (SSSR count). The van der Waals surface area contributed by atoms with Gasteiger partial charge in [0.2, 0.25) is 15.9 Å². The first-order valence-corrected chi connectivity index (χ1v) is 13.0. The van der Waals surface area contributed by atoms with E-state index in [4.69, 9.17) is 4.74 Å². The van der Waals surface area contributed by atoms with E-state index in [1.54, 1.807) is 19.9 Å². The molecule has 2 aliphatic rings. The third kappa shape index (κ3) is 4.78. The summed E-state index contributed by atoms with van der Waals surface area (Å²) in [6.07, 6.45) is 0.494. The number of carbonyl (C=O) groups is 2. The van der Waals surface area contributed by atoms with Crippen molar-refractivity contribution in [3.63, 3.8) is 0 Å². The number of aryl methyl sites for hydroxylation is 2. The van der Waals surface area contributed by atoms with Crippen LogP contribution in [0.15, 0.2) is 39.7 Å². The monoisotopic (exact) mass is 535 g/mol. The largest absolute Gasteiger partial charge is 0.479 e. The number of fused-ring (bicyclic) bond motifs is 1. The van der Waals surface area contributed by atoms with Gasteiger partial charge in [0.25, 0.3) is 5.91 Å². The Kier molecular flexibility index (Phi) is 6.52. The number of nitrogens with zero attached hydrogens (tertiary/aromatic N) is 1. The Hall–Kier alpha value is -2.43. The van der Waals surface area contributed by atoms with Crippen LogP contribution < -0.4 is 15.4 Å². The molecule has 176 valence electrons. The molecule has 2 amide bonds. The van der Waals surface area contributed by atoms with E-state index in [2.05, 4.69) is 26.6 Å². The molecule has 2 heterocycles. The highest BCUT2D eigenvalue weighted by Gasteiger charge is 2.35. The van der Waals surface area contributed by atoms with Crippen LogP contribution in [0.2, 0.25) is 0 Å². The zero-order chi connectivity index (χ0) is 23.9. The quantitative estimate of drug-likeness (QED) is 0.619. The van der Waals surface area contributed by atoms with Crippen molar-refractivity contribution in [3.8, 4) is 5.75 Å². The summed E-state index contributed by atoms with van der Waals surface area (Å²) in [5.41, 5.74) is 2.63. The van der Waals surface area contributed by atoms with Gasteiger partial charge in [-0.15, -0.1) is 0 Å². The maximum absolute atomic E-state index is 13.5. The van der Waals surface area contributed by atoms with Crippen molar-refractivity contribution < 1.29 is 22.7 Å². The lowest BCUT2D eigenvalue weighted by molar-refractivity contribution is -0.123. The van der Waals surface area contributed by atoms with Crippen LogP contribution in [0.4, 0.5) is 11.4 Å². The van der Waals surface area contributed by atoms with Crippen molar-refractivity contribution in [2.45, 2.75) is 44.6 Å². The van der Waals surface area contributed by atoms with Gasteiger partial charge >= 0.3 is 0 Å². The molecule has 1 saturated heterocycles. The summed E-state index contributed by atoms with van der Waals surface area (Å²) in [6.45, 7) is 5.67. The summed E-state index contributed by atoms with van der Waals surface area (Å²) in [6, 6.07) is 8.62. The number of hydrogen-bond donors (Lipinski definition) is 2. The number of benzene rings is 2. The van der Waals surface area contributed by atoms with Crippen LogP contribution in [0.1, 0.15) is 30.9 Å². The average Bonchev–Trinajstić information content (AvgIpc) is 2.77. The van der Waals surface area contributed by atoms with Gasteiger partial charge in [-0.3, -0.25) is 9.59 Å². The van der Waals surface area contributed by atoms with Crippen LogP contribution in [0, 0.1) is 19.8 Å². The van der Waals surface area contributed by atoms with Gasteiger partial charge in [-0.2, -0.15) is 4.31 Å². The Morgan fingerprint density at radius 2 is 1.97 bits per heavy atom. The highest BCUT2D eigenvalue weighted by atomic mass is 79.9. The molecule has 0 aliphatic carbocycles. The first kappa shape index (κ1) is 23.7. The molecule has 2 aromatic carbocycles. The van der Waals surface area contributed by atoms with Gasteiger partial charge < -0.3 is 15.4 Å². The molecule has 1 fully saturated rings. The Bertz CT molecular complexity index is 1230. The Labute approximate surface area is 201 Å². The molecule has 2 aliphatic heterocycles. The maximum atomic E-state index is 13.5. The molecule has 0 unspecified atom stereocenters. The summed E-state index contributed by atoms with van der Waals surface area (Å²) < 4.78 is 34.9. The Morgan fingerprint density at radius 3 is 2.70 bits per heavy atom. The Morgan fingerprint density at radius 1 is 1.21 bits per heavy atom. The minimum absolute atomic E-state index is 0.105. The fraction of sp³-hybridized carbons (Fsp3) is 0.391. The number of carbonyl (C=O) groups excluding carboxylic acids is 2. The molecule has 8 nitrogen and oxygen atoms in total. The molecular formula is C23H26BrN3O5S. The van der Waals surface area contributed by atoms with Crippen LogP contribution in [0.5, 0.6) is 5.75 Å². The van der Waals surface area contributed by atoms with Crippen molar-refractivity contribution >= 4 is 49.1 Å². The number of halogens is 1. The molecule has 2 N–H and O–H groups in total. The molecule has 0 radical (unpaired) electrons. The lowest BCUT2D eigenvalue weighted by Crippen LogP contribution is -2.44. The molecule has 33 heavy (non-hydrogen) atoms. The minimum atomic E-state index is -3.85. The van der Waals surface area contributed by atoms with Gasteiger partial charge in [-0.25, -0.2) is 8.42 Å². The topological polar surface area (TPSA) is 105 Å². The number of amides is 2. The maximum Gasteiger partial charge on any atom is 0.265 e. The average molecular weight is 536 g/mol. The van der Waals surface area contributed by atoms with Crippen LogP contribution in [-0.2, 0) is 19.6 Å². The SMILES string of the molecule is Cc1cc(NC(=O)[C@H]2CCCN(S(=O)(=O)c3cc4c(cc3C)NC(=O)[C@@H](C)O4)C2)ccc1Br. The van der Waals surface area contributed by atoms with Crippen LogP contribution in [0.3, 0.4) is 0 Å². The molecule has 2 aromatic rings. The van der Waals surface area contributed by atoms with E-state index >= 15 is 0 Å². The van der Waals surface area contributed by atoms with Gasteiger partial charge in [-0.1, -0.05) is 15.9 Å². The summed E-state index contributed by atoms with van der Waals surface area (Å²) in [5.74, 6) is -0.601. The van der Waals surface area contributed by atoms with E-state index in [1.807, 2.05) is 25.1 Å². The van der Waals surface area contributed by atoms with E-state index < -0.39 is 22.0 Å². The van der Waals surface area contributed by atoms with Crippen molar-refractivity contribution in [1.82, 2.24) is 4.31 Å². The second kappa shape index (κ2) is 9.08. The first-order chi connectivity index (χ1) is 15.6. The number of rotatable bonds is 4. The van der Waals surface area contributed by atoms with Gasteiger partial charge in [0.05, 0.1) is 16.5 Å².